The van der Waals surface area contributed by atoms with E-state index < -0.39 is 11.7 Å². The van der Waals surface area contributed by atoms with Crippen LogP contribution >= 0.6 is 15.9 Å². The third kappa shape index (κ3) is 3.17. The smallest absolute Gasteiger partial charge is 0.419 e. The second-order valence-electron chi connectivity index (χ2n) is 2.85. The summed E-state index contributed by atoms with van der Waals surface area (Å²) < 4.78 is 42.2. The quantitative estimate of drug-likeness (QED) is 0.569. The van der Waals surface area contributed by atoms with E-state index in [-0.39, 0.29) is 5.75 Å². The fraction of sp³-hybridized carbons (Fsp3) is 0.273. The van der Waals surface area contributed by atoms with Crippen LogP contribution in [0.1, 0.15) is 11.1 Å². The first-order valence-corrected chi connectivity index (χ1v) is 5.41. The molecule has 1 aromatic carbocycles. The Bertz CT molecular complexity index is 429. The lowest BCUT2D eigenvalue weighted by atomic mass is 10.1. The van der Waals surface area contributed by atoms with E-state index in [1.165, 1.54) is 19.2 Å². The largest absolute Gasteiger partial charge is 0.496 e. The predicted octanol–water partition coefficient (Wildman–Crippen LogP) is 3.46. The predicted molar refractivity (Wildman–Crippen MR) is 58.7 cm³/mol. The monoisotopic (exact) mass is 292 g/mol. The van der Waals surface area contributed by atoms with Gasteiger partial charge in [0.05, 0.1) is 18.0 Å². The van der Waals surface area contributed by atoms with Crippen molar-refractivity contribution >= 4 is 15.9 Å². The van der Waals surface area contributed by atoms with Crippen molar-refractivity contribution in [3.63, 3.8) is 0 Å². The molecule has 0 aliphatic carbocycles. The van der Waals surface area contributed by atoms with Crippen LogP contribution in [0, 0.1) is 11.8 Å². The highest BCUT2D eigenvalue weighted by Gasteiger charge is 2.34. The number of benzene rings is 1. The minimum Gasteiger partial charge on any atom is -0.496 e. The van der Waals surface area contributed by atoms with Crippen LogP contribution in [0.5, 0.6) is 5.75 Å². The highest BCUT2D eigenvalue weighted by Crippen LogP contribution is 2.36. The summed E-state index contributed by atoms with van der Waals surface area (Å²) in [6, 6.07) is 3.57. The molecule has 0 heterocycles. The summed E-state index contributed by atoms with van der Waals surface area (Å²) in [5.41, 5.74) is -0.302. The lowest BCUT2D eigenvalue weighted by Crippen LogP contribution is -2.07. The van der Waals surface area contributed by atoms with E-state index in [1.54, 1.807) is 0 Å². The minimum absolute atomic E-state index is 0.214. The van der Waals surface area contributed by atoms with Gasteiger partial charge in [0.25, 0.3) is 0 Å². The van der Waals surface area contributed by atoms with Gasteiger partial charge in [0.1, 0.15) is 5.75 Å². The van der Waals surface area contributed by atoms with Gasteiger partial charge in [-0.2, -0.15) is 13.2 Å². The molecule has 0 saturated carbocycles. The maximum Gasteiger partial charge on any atom is 0.419 e. The molecule has 0 aromatic heterocycles. The van der Waals surface area contributed by atoms with Gasteiger partial charge >= 0.3 is 6.18 Å². The van der Waals surface area contributed by atoms with Crippen molar-refractivity contribution in [3.05, 3.63) is 29.3 Å². The zero-order chi connectivity index (χ0) is 12.2. The number of hydrogen-bond acceptors (Lipinski definition) is 1. The molecule has 0 atom stereocenters. The third-order valence-corrected chi connectivity index (χ3v) is 2.09. The average molecular weight is 293 g/mol. The Hall–Kier alpha value is -1.15. The number of rotatable bonds is 1. The van der Waals surface area contributed by atoms with E-state index in [4.69, 9.17) is 4.74 Å². The van der Waals surface area contributed by atoms with E-state index in [9.17, 15) is 13.2 Å². The molecule has 1 rings (SSSR count). The molecule has 16 heavy (non-hydrogen) atoms. The molecule has 0 bridgehead atoms. The molecule has 0 fully saturated rings. The van der Waals surface area contributed by atoms with E-state index in [2.05, 4.69) is 27.8 Å². The Balaban J connectivity index is 3.17. The summed E-state index contributed by atoms with van der Waals surface area (Å²) in [5.74, 6) is 5.19. The van der Waals surface area contributed by atoms with Crippen molar-refractivity contribution in [2.45, 2.75) is 6.18 Å². The van der Waals surface area contributed by atoms with Gasteiger partial charge in [-0.15, -0.1) is 0 Å². The Morgan fingerprint density at radius 3 is 2.56 bits per heavy atom. The van der Waals surface area contributed by atoms with Crippen LogP contribution < -0.4 is 4.74 Å². The first-order chi connectivity index (χ1) is 7.49. The Morgan fingerprint density at radius 1 is 1.38 bits per heavy atom. The minimum atomic E-state index is -4.41. The van der Waals surface area contributed by atoms with Crippen LogP contribution in [0.15, 0.2) is 18.2 Å². The van der Waals surface area contributed by atoms with Crippen molar-refractivity contribution in [3.8, 4) is 17.6 Å². The number of halogens is 4. The number of ether oxygens (including phenoxy) is 1. The van der Waals surface area contributed by atoms with Crippen LogP contribution in [0.2, 0.25) is 0 Å². The molecule has 0 unspecified atom stereocenters. The molecular formula is C11H8BrF3O. The average Bonchev–Trinajstić information content (AvgIpc) is 2.24. The molecular weight excluding hydrogens is 285 g/mol. The van der Waals surface area contributed by atoms with E-state index >= 15 is 0 Å². The van der Waals surface area contributed by atoms with Crippen LogP contribution in [0.4, 0.5) is 13.2 Å². The topological polar surface area (TPSA) is 9.23 Å². The van der Waals surface area contributed by atoms with E-state index in [1.807, 2.05) is 0 Å². The maximum atomic E-state index is 12.5. The number of hydrogen-bond donors (Lipinski definition) is 0. The molecule has 0 radical (unpaired) electrons. The van der Waals surface area contributed by atoms with Crippen LogP contribution in [-0.2, 0) is 6.18 Å². The summed E-state index contributed by atoms with van der Waals surface area (Å²) in [6.45, 7) is 0. The summed E-state index contributed by atoms with van der Waals surface area (Å²) in [4.78, 5) is 0. The standard InChI is InChI=1S/C11H8BrF3O/c1-16-10-7-8(3-2-6-12)4-5-9(10)11(13,14)15/h4-5,7H,6H2,1H3. The van der Waals surface area contributed by atoms with Gasteiger partial charge in [0.2, 0.25) is 0 Å². The summed E-state index contributed by atoms with van der Waals surface area (Å²) in [6.07, 6.45) is -4.41. The van der Waals surface area contributed by atoms with Crippen LogP contribution in [0.3, 0.4) is 0 Å². The van der Waals surface area contributed by atoms with Gasteiger partial charge in [-0.25, -0.2) is 0 Å². The fourth-order valence-electron chi connectivity index (χ4n) is 1.14. The van der Waals surface area contributed by atoms with Gasteiger partial charge < -0.3 is 4.74 Å². The second-order valence-corrected chi connectivity index (χ2v) is 3.41. The third-order valence-electron chi connectivity index (χ3n) is 1.81. The SMILES string of the molecule is COc1cc(C#CCBr)ccc1C(F)(F)F. The normalized spacial score (nSPS) is 10.6. The molecule has 1 aromatic rings. The van der Waals surface area contributed by atoms with Crippen molar-refractivity contribution in [2.24, 2.45) is 0 Å². The second kappa shape index (κ2) is 5.26. The zero-order valence-electron chi connectivity index (χ0n) is 8.36. The van der Waals surface area contributed by atoms with Gasteiger partial charge in [-0.05, 0) is 18.2 Å². The lowest BCUT2D eigenvalue weighted by molar-refractivity contribution is -0.138. The summed E-state index contributed by atoms with van der Waals surface area (Å²) >= 11 is 3.10. The molecule has 0 aliphatic rings. The molecule has 0 aliphatic heterocycles. The fourth-order valence-corrected chi connectivity index (χ4v) is 1.28. The van der Waals surface area contributed by atoms with Crippen molar-refractivity contribution in [1.29, 1.82) is 0 Å². The van der Waals surface area contributed by atoms with E-state index in [0.29, 0.717) is 10.9 Å². The first kappa shape index (κ1) is 12.9. The summed E-state index contributed by atoms with van der Waals surface area (Å²) in [7, 11) is 1.20. The van der Waals surface area contributed by atoms with Crippen molar-refractivity contribution in [1.82, 2.24) is 0 Å². The highest BCUT2D eigenvalue weighted by molar-refractivity contribution is 9.09. The first-order valence-electron chi connectivity index (χ1n) is 4.29. The van der Waals surface area contributed by atoms with Crippen LogP contribution in [0.25, 0.3) is 0 Å². The van der Waals surface area contributed by atoms with Gasteiger partial charge in [0, 0.05) is 5.56 Å². The Labute approximate surface area is 99.7 Å². The number of alkyl halides is 4. The maximum absolute atomic E-state index is 12.5. The molecule has 86 valence electrons. The Morgan fingerprint density at radius 2 is 2.06 bits per heavy atom. The molecule has 5 heteroatoms. The van der Waals surface area contributed by atoms with Crippen LogP contribution in [-0.4, -0.2) is 12.4 Å². The molecule has 0 saturated heterocycles. The van der Waals surface area contributed by atoms with Crippen molar-refractivity contribution < 1.29 is 17.9 Å². The molecule has 0 spiro atoms. The molecule has 1 nitrogen and oxygen atoms in total. The highest BCUT2D eigenvalue weighted by atomic mass is 79.9. The molecule has 0 N–H and O–H groups in total. The van der Waals surface area contributed by atoms with Gasteiger partial charge in [0.15, 0.2) is 0 Å². The van der Waals surface area contributed by atoms with Gasteiger partial charge in [-0.3, -0.25) is 0 Å². The lowest BCUT2D eigenvalue weighted by Gasteiger charge is -2.11. The van der Waals surface area contributed by atoms with Gasteiger partial charge in [-0.1, -0.05) is 27.8 Å². The van der Waals surface area contributed by atoms with Crippen molar-refractivity contribution in [2.75, 3.05) is 12.4 Å². The Kier molecular flexibility index (Phi) is 4.25. The molecule has 0 amide bonds. The van der Waals surface area contributed by atoms with E-state index in [0.717, 1.165) is 6.07 Å². The summed E-state index contributed by atoms with van der Waals surface area (Å²) in [5, 5.41) is 0.469. The number of methoxy groups -OCH3 is 1. The zero-order valence-corrected chi connectivity index (χ0v) is 9.95.